The number of aromatic nitrogens is 3. The summed E-state index contributed by atoms with van der Waals surface area (Å²) in [5.41, 5.74) is 0.373. The first kappa shape index (κ1) is 58.6. The Labute approximate surface area is 383 Å². The molecule has 1 aromatic rings. The highest BCUT2D eigenvalue weighted by Gasteiger charge is 2.34. The second kappa shape index (κ2) is 33.1. The molecule has 0 radical (unpaired) electrons. The predicted molar refractivity (Wildman–Crippen MR) is 224 cm³/mol. The molecular weight excluding hydrogens is 900 g/mol. The predicted octanol–water partition coefficient (Wildman–Crippen LogP) is -3.25. The molecule has 28 heteroatoms. The highest BCUT2D eigenvalue weighted by molar-refractivity contribution is 5.98. The SMILES string of the molecule is CC(C)[C@H](NC(=O)[C@H](CCC(=O)O)NC(=O)[C@H](CC(=O)O)NC(=O)Cn1cc(CCC[18F])nn1)C(=O)N[C@@H](CC(=O)O)C(=O)N[C@@H](C)C(=O)NCCOCCOCCOCCOCCC(=O)O. The normalized spacial score (nSPS) is 13.3. The Balaban J connectivity index is 2.81. The van der Waals surface area contributed by atoms with Crippen LogP contribution in [0.2, 0.25) is 0 Å². The Bertz CT molecular complexity index is 1780. The van der Waals surface area contributed by atoms with Crippen molar-refractivity contribution in [3.8, 4) is 0 Å². The lowest BCUT2D eigenvalue weighted by Crippen LogP contribution is -2.60. The van der Waals surface area contributed by atoms with E-state index in [1.54, 1.807) is 0 Å². The summed E-state index contributed by atoms with van der Waals surface area (Å²) in [7, 11) is 0. The number of amides is 6. The van der Waals surface area contributed by atoms with E-state index in [2.05, 4.69) is 42.2 Å². The maximum absolute atomic E-state index is 13.6. The van der Waals surface area contributed by atoms with Gasteiger partial charge in [0.1, 0.15) is 36.8 Å². The molecule has 0 saturated heterocycles. The number of carboxylic acids is 4. The molecule has 0 bridgehead atoms. The maximum Gasteiger partial charge on any atom is 0.305 e. The minimum absolute atomic E-state index is 0.0207. The molecule has 0 fully saturated rings. The van der Waals surface area contributed by atoms with E-state index < -0.39 is 134 Å². The van der Waals surface area contributed by atoms with Crippen molar-refractivity contribution < 1.29 is 91.7 Å². The topological polar surface area (TPSA) is 391 Å². The van der Waals surface area contributed by atoms with Crippen molar-refractivity contribution in [3.05, 3.63) is 11.9 Å². The number of hydrogen-bond acceptors (Lipinski definition) is 16. The zero-order valence-corrected chi connectivity index (χ0v) is 37.5. The van der Waals surface area contributed by atoms with Crippen LogP contribution in [0.1, 0.15) is 65.0 Å². The monoisotopic (exact) mass is 962 g/mol. The van der Waals surface area contributed by atoms with Crippen LogP contribution in [0.25, 0.3) is 0 Å². The molecule has 27 nitrogen and oxygen atoms in total. The number of carbonyl (C=O) groups excluding carboxylic acids is 6. The summed E-state index contributed by atoms with van der Waals surface area (Å²) in [6.07, 6.45) is -1.57. The number of hydrogen-bond donors (Lipinski definition) is 10. The van der Waals surface area contributed by atoms with Crippen LogP contribution >= 0.6 is 0 Å². The van der Waals surface area contributed by atoms with Crippen molar-refractivity contribution in [2.75, 3.05) is 66.1 Å². The van der Waals surface area contributed by atoms with E-state index in [9.17, 15) is 67.7 Å². The van der Waals surface area contributed by atoms with Gasteiger partial charge in [-0.15, -0.1) is 5.10 Å². The fraction of sp³-hybridized carbons (Fsp3) is 0.692. The summed E-state index contributed by atoms with van der Waals surface area (Å²) < 4.78 is 34.7. The third-order valence-corrected chi connectivity index (χ3v) is 8.90. The Morgan fingerprint density at radius 3 is 1.66 bits per heavy atom. The Hall–Kier alpha value is -6.39. The number of aryl methyl sites for hydroxylation is 1. The maximum atomic E-state index is 13.6. The second-order valence-corrected chi connectivity index (χ2v) is 14.9. The van der Waals surface area contributed by atoms with Crippen LogP contribution in [0.15, 0.2) is 6.20 Å². The number of nitrogens with one attached hydrogen (secondary N) is 6. The summed E-state index contributed by atoms with van der Waals surface area (Å²) in [5.74, 6) is -12.2. The van der Waals surface area contributed by atoms with Gasteiger partial charge in [0, 0.05) is 19.2 Å². The van der Waals surface area contributed by atoms with Crippen molar-refractivity contribution in [2.45, 2.75) is 102 Å². The van der Waals surface area contributed by atoms with Gasteiger partial charge in [-0.25, -0.2) is 4.68 Å². The number of carboxylic acid groups (broad SMARTS) is 4. The first-order valence-electron chi connectivity index (χ1n) is 21.2. The smallest absolute Gasteiger partial charge is 0.305 e. The van der Waals surface area contributed by atoms with Gasteiger partial charge >= 0.3 is 23.9 Å². The van der Waals surface area contributed by atoms with Crippen LogP contribution < -0.4 is 31.9 Å². The van der Waals surface area contributed by atoms with E-state index in [0.717, 1.165) is 4.68 Å². The van der Waals surface area contributed by atoms with Gasteiger partial charge in [-0.3, -0.25) is 52.3 Å². The molecule has 0 spiro atoms. The van der Waals surface area contributed by atoms with Crippen molar-refractivity contribution in [1.82, 2.24) is 46.9 Å². The highest BCUT2D eigenvalue weighted by Crippen LogP contribution is 2.08. The number of rotatable bonds is 38. The molecule has 0 aromatic carbocycles. The van der Waals surface area contributed by atoms with Gasteiger partial charge in [0.15, 0.2) is 0 Å². The van der Waals surface area contributed by atoms with E-state index in [4.69, 9.17) is 24.1 Å². The number of ether oxygens (including phenoxy) is 4. The summed E-state index contributed by atoms with van der Waals surface area (Å²) in [6, 6.07) is -8.05. The fourth-order valence-corrected chi connectivity index (χ4v) is 5.49. The van der Waals surface area contributed by atoms with E-state index in [0.29, 0.717) is 5.69 Å². The Morgan fingerprint density at radius 2 is 1.12 bits per heavy atom. The number of nitrogens with zero attached hydrogens (tertiary/aromatic N) is 3. The Morgan fingerprint density at radius 1 is 0.612 bits per heavy atom. The molecule has 0 unspecified atom stereocenters. The molecule has 1 rings (SSSR count). The number of aliphatic carboxylic acids is 4. The zero-order chi connectivity index (χ0) is 50.3. The quantitative estimate of drug-likeness (QED) is 0.0291. The first-order chi connectivity index (χ1) is 31.7. The van der Waals surface area contributed by atoms with Crippen LogP contribution in [0.3, 0.4) is 0 Å². The largest absolute Gasteiger partial charge is 0.481 e. The summed E-state index contributed by atoms with van der Waals surface area (Å²) in [6.45, 7) is 4.71. The number of halogens is 1. The molecule has 1 aromatic heterocycles. The molecule has 5 atom stereocenters. The van der Waals surface area contributed by atoms with Gasteiger partial charge in [-0.2, -0.15) is 0 Å². The molecule has 0 aliphatic heterocycles. The van der Waals surface area contributed by atoms with Crippen LogP contribution in [-0.2, 0) is 79.9 Å². The molecular formula is C39H62FN9O18. The van der Waals surface area contributed by atoms with E-state index in [1.807, 2.05) is 0 Å². The third kappa shape index (κ3) is 27.0. The van der Waals surface area contributed by atoms with Crippen LogP contribution in [-0.4, -0.2) is 191 Å². The average molecular weight is 963 g/mol. The number of alkyl halides is 1. The van der Waals surface area contributed by atoms with Crippen LogP contribution in [0, 0.1) is 5.92 Å². The second-order valence-electron chi connectivity index (χ2n) is 14.9. The van der Waals surface area contributed by atoms with Gasteiger partial charge in [-0.05, 0) is 32.1 Å². The standard InChI is InChI=1S/C39H62FN9O18/c1-23(2)34(46-36(60)26(6-7-30(51)52)44-38(62)27(19-32(55)56)43-29(50)22-49-21-25(47-48-49)5-4-9-40)39(63)45-28(20-33(57)58)37(61)42-24(3)35(59)41-10-12-65-14-16-67-18-17-66-15-13-64-11-8-31(53)54/h21,23-24,26-28,34H,4-20,22H2,1-3H3,(H,41,59)(H,42,61)(H,43,50)(H,44,62)(H,45,63)(H,46,60)(H,51,52)(H,53,54)(H,55,56)(H,57,58)/t24-,26-,27-,28-,34-/m0/s1/i40-1. The molecule has 0 aliphatic rings. The highest BCUT2D eigenvalue weighted by atomic mass is 18.2. The minimum atomic E-state index is -1.79. The van der Waals surface area contributed by atoms with Gasteiger partial charge in [-0.1, -0.05) is 19.1 Å². The van der Waals surface area contributed by atoms with Gasteiger partial charge in [0.2, 0.25) is 35.4 Å². The van der Waals surface area contributed by atoms with E-state index in [1.165, 1.54) is 27.0 Å². The minimum Gasteiger partial charge on any atom is -0.481 e. The van der Waals surface area contributed by atoms with Gasteiger partial charge in [0.05, 0.1) is 84.5 Å². The lowest BCUT2D eigenvalue weighted by Gasteiger charge is -2.28. The van der Waals surface area contributed by atoms with E-state index >= 15 is 0 Å². The molecule has 6 amide bonds. The molecule has 1 heterocycles. The fourth-order valence-electron chi connectivity index (χ4n) is 5.49. The summed E-state index contributed by atoms with van der Waals surface area (Å²) in [5, 5.41) is 58.2. The Kier molecular flexibility index (Phi) is 29.0. The molecule has 67 heavy (non-hydrogen) atoms. The third-order valence-electron chi connectivity index (χ3n) is 8.90. The van der Waals surface area contributed by atoms with Crippen LogP contribution in [0.4, 0.5) is 4.39 Å². The van der Waals surface area contributed by atoms with Crippen LogP contribution in [0.5, 0.6) is 0 Å². The molecule has 0 aliphatic carbocycles. The van der Waals surface area contributed by atoms with Gasteiger partial charge < -0.3 is 71.3 Å². The first-order valence-corrected chi connectivity index (χ1v) is 21.2. The molecule has 10 N–H and O–H groups in total. The van der Waals surface area contributed by atoms with Gasteiger partial charge in [0.25, 0.3) is 0 Å². The molecule has 378 valence electrons. The lowest BCUT2D eigenvalue weighted by atomic mass is 10.0. The summed E-state index contributed by atoms with van der Waals surface area (Å²) >= 11 is 0. The van der Waals surface area contributed by atoms with Crippen molar-refractivity contribution in [1.29, 1.82) is 0 Å². The average Bonchev–Trinajstić information content (AvgIpc) is 3.69. The zero-order valence-electron chi connectivity index (χ0n) is 37.5. The van der Waals surface area contributed by atoms with E-state index in [-0.39, 0.29) is 78.7 Å². The molecule has 0 saturated carbocycles. The van der Waals surface area contributed by atoms with Crippen molar-refractivity contribution >= 4 is 59.3 Å². The summed E-state index contributed by atoms with van der Waals surface area (Å²) in [4.78, 5) is 124. The van der Waals surface area contributed by atoms with Crippen molar-refractivity contribution in [3.63, 3.8) is 0 Å². The van der Waals surface area contributed by atoms with Crippen molar-refractivity contribution in [2.24, 2.45) is 5.92 Å². The number of carbonyl (C=O) groups is 10. The lowest BCUT2D eigenvalue weighted by molar-refractivity contribution is -0.142.